The van der Waals surface area contributed by atoms with E-state index in [2.05, 4.69) is 10.0 Å². The van der Waals surface area contributed by atoms with Crippen molar-refractivity contribution in [2.24, 2.45) is 0 Å². The Labute approximate surface area is 134 Å². The van der Waals surface area contributed by atoms with E-state index in [-0.39, 0.29) is 10.1 Å². The van der Waals surface area contributed by atoms with Crippen LogP contribution in [0, 0.1) is 13.8 Å². The first-order chi connectivity index (χ1) is 10.3. The highest BCUT2D eigenvalue weighted by atomic mass is 32.2. The SMILES string of the molecule is CC(=O)NCc1ccc(S(=O)(=O)Nc2cc(C)cc(C)c2)s1. The fraction of sp³-hybridized carbons (Fsp3) is 0.267. The minimum Gasteiger partial charge on any atom is -0.351 e. The van der Waals surface area contributed by atoms with E-state index in [9.17, 15) is 13.2 Å². The van der Waals surface area contributed by atoms with Gasteiger partial charge in [-0.15, -0.1) is 11.3 Å². The van der Waals surface area contributed by atoms with Gasteiger partial charge in [-0.3, -0.25) is 9.52 Å². The van der Waals surface area contributed by atoms with Gasteiger partial charge >= 0.3 is 0 Å². The Morgan fingerprint density at radius 3 is 2.36 bits per heavy atom. The molecule has 0 bridgehead atoms. The van der Waals surface area contributed by atoms with Gasteiger partial charge in [-0.1, -0.05) is 6.07 Å². The number of hydrogen-bond acceptors (Lipinski definition) is 4. The quantitative estimate of drug-likeness (QED) is 0.880. The van der Waals surface area contributed by atoms with Gasteiger partial charge in [-0.05, 0) is 49.2 Å². The number of aryl methyl sites for hydroxylation is 2. The smallest absolute Gasteiger partial charge is 0.271 e. The first-order valence-corrected chi connectivity index (χ1v) is 9.00. The largest absolute Gasteiger partial charge is 0.351 e. The first kappa shape index (κ1) is 16.5. The highest BCUT2D eigenvalue weighted by Gasteiger charge is 2.17. The van der Waals surface area contributed by atoms with Crippen LogP contribution in [0.3, 0.4) is 0 Å². The second kappa shape index (κ2) is 6.50. The predicted octanol–water partition coefficient (Wildman–Crippen LogP) is 2.80. The van der Waals surface area contributed by atoms with Crippen molar-refractivity contribution in [3.8, 4) is 0 Å². The van der Waals surface area contributed by atoms with Gasteiger partial charge < -0.3 is 5.32 Å². The summed E-state index contributed by atoms with van der Waals surface area (Å²) in [6.45, 7) is 5.59. The minimum absolute atomic E-state index is 0.147. The van der Waals surface area contributed by atoms with Crippen LogP contribution in [0.5, 0.6) is 0 Å². The first-order valence-electron chi connectivity index (χ1n) is 6.70. The molecule has 0 aliphatic heterocycles. The summed E-state index contributed by atoms with van der Waals surface area (Å²) in [7, 11) is -3.61. The summed E-state index contributed by atoms with van der Waals surface area (Å²) in [6.07, 6.45) is 0. The summed E-state index contributed by atoms with van der Waals surface area (Å²) >= 11 is 1.14. The van der Waals surface area contributed by atoms with Gasteiger partial charge in [-0.2, -0.15) is 0 Å². The van der Waals surface area contributed by atoms with Crippen LogP contribution in [0.2, 0.25) is 0 Å². The van der Waals surface area contributed by atoms with Crippen LogP contribution < -0.4 is 10.0 Å². The molecular formula is C15H18N2O3S2. The molecule has 0 aliphatic carbocycles. The molecule has 1 aromatic carbocycles. The van der Waals surface area contributed by atoms with Crippen LogP contribution in [0.1, 0.15) is 22.9 Å². The maximum atomic E-state index is 12.4. The lowest BCUT2D eigenvalue weighted by Crippen LogP contribution is -2.18. The normalized spacial score (nSPS) is 11.2. The molecule has 0 saturated carbocycles. The van der Waals surface area contributed by atoms with E-state index < -0.39 is 10.0 Å². The number of nitrogens with one attached hydrogen (secondary N) is 2. The van der Waals surface area contributed by atoms with Crippen LogP contribution in [0.25, 0.3) is 0 Å². The number of hydrogen-bond donors (Lipinski definition) is 2. The molecule has 0 aliphatic rings. The second-order valence-corrected chi connectivity index (χ2v) is 8.19. The monoisotopic (exact) mass is 338 g/mol. The summed E-state index contributed by atoms with van der Waals surface area (Å²) in [5.41, 5.74) is 2.54. The van der Waals surface area contributed by atoms with Gasteiger partial charge in [0.1, 0.15) is 4.21 Å². The molecule has 7 heteroatoms. The molecule has 2 aromatic rings. The lowest BCUT2D eigenvalue weighted by Gasteiger charge is -2.08. The zero-order chi connectivity index (χ0) is 16.3. The maximum Gasteiger partial charge on any atom is 0.271 e. The zero-order valence-electron chi connectivity index (χ0n) is 12.6. The molecule has 2 N–H and O–H groups in total. The number of carbonyl (C=O) groups excluding carboxylic acids is 1. The molecule has 22 heavy (non-hydrogen) atoms. The standard InChI is InChI=1S/C15H18N2O3S2/c1-10-6-11(2)8-13(7-10)17-22(19,20)15-5-4-14(21-15)9-16-12(3)18/h4-8,17H,9H2,1-3H3,(H,16,18). The second-order valence-electron chi connectivity index (χ2n) is 5.11. The van der Waals surface area contributed by atoms with E-state index in [1.54, 1.807) is 24.3 Å². The van der Waals surface area contributed by atoms with Crippen LogP contribution >= 0.6 is 11.3 Å². The van der Waals surface area contributed by atoms with E-state index in [4.69, 9.17) is 0 Å². The molecule has 1 heterocycles. The number of thiophene rings is 1. The van der Waals surface area contributed by atoms with Crippen molar-refractivity contribution >= 4 is 33.0 Å². The Balaban J connectivity index is 2.18. The van der Waals surface area contributed by atoms with Crippen molar-refractivity contribution < 1.29 is 13.2 Å². The third kappa shape index (κ3) is 4.32. The Kier molecular flexibility index (Phi) is 4.87. The number of rotatable bonds is 5. The minimum atomic E-state index is -3.61. The topological polar surface area (TPSA) is 75.3 Å². The fourth-order valence-corrected chi connectivity index (χ4v) is 4.38. The van der Waals surface area contributed by atoms with Gasteiger partial charge in [-0.25, -0.2) is 8.42 Å². The van der Waals surface area contributed by atoms with Crippen molar-refractivity contribution in [2.75, 3.05) is 4.72 Å². The average Bonchev–Trinajstić information content (AvgIpc) is 2.83. The summed E-state index contributed by atoms with van der Waals surface area (Å²) in [4.78, 5) is 11.7. The Bertz CT molecular complexity index is 775. The average molecular weight is 338 g/mol. The van der Waals surface area contributed by atoms with Crippen molar-refractivity contribution in [3.05, 3.63) is 46.3 Å². The number of carbonyl (C=O) groups is 1. The molecule has 0 unspecified atom stereocenters. The fourth-order valence-electron chi connectivity index (χ4n) is 2.05. The maximum absolute atomic E-state index is 12.4. The number of benzene rings is 1. The van der Waals surface area contributed by atoms with Crippen LogP contribution in [-0.4, -0.2) is 14.3 Å². The third-order valence-corrected chi connectivity index (χ3v) is 5.85. The van der Waals surface area contributed by atoms with Gasteiger partial charge in [0.2, 0.25) is 5.91 Å². The van der Waals surface area contributed by atoms with Gasteiger partial charge in [0.15, 0.2) is 0 Å². The molecular weight excluding hydrogens is 320 g/mol. The molecule has 0 saturated heterocycles. The summed E-state index contributed by atoms with van der Waals surface area (Å²) in [5.74, 6) is -0.147. The van der Waals surface area contributed by atoms with Crippen molar-refractivity contribution in [3.63, 3.8) is 0 Å². The van der Waals surface area contributed by atoms with Gasteiger partial charge in [0.05, 0.1) is 6.54 Å². The Hall–Kier alpha value is -1.86. The molecule has 118 valence electrons. The van der Waals surface area contributed by atoms with E-state index in [1.807, 2.05) is 19.9 Å². The third-order valence-electron chi connectivity index (χ3n) is 2.89. The lowest BCUT2D eigenvalue weighted by molar-refractivity contribution is -0.119. The summed E-state index contributed by atoms with van der Waals surface area (Å²) in [6, 6.07) is 8.81. The van der Waals surface area contributed by atoms with Crippen molar-refractivity contribution in [2.45, 2.75) is 31.5 Å². The molecule has 2 rings (SSSR count). The van der Waals surface area contributed by atoms with E-state index in [0.29, 0.717) is 12.2 Å². The highest BCUT2D eigenvalue weighted by molar-refractivity contribution is 7.94. The molecule has 0 atom stereocenters. The number of amides is 1. The van der Waals surface area contributed by atoms with E-state index in [0.717, 1.165) is 27.3 Å². The van der Waals surface area contributed by atoms with Gasteiger partial charge in [0.25, 0.3) is 10.0 Å². The lowest BCUT2D eigenvalue weighted by atomic mass is 10.1. The number of sulfonamides is 1. The van der Waals surface area contributed by atoms with Crippen LogP contribution in [-0.2, 0) is 21.4 Å². The van der Waals surface area contributed by atoms with Gasteiger partial charge in [0, 0.05) is 17.5 Å². The molecule has 0 spiro atoms. The molecule has 5 nitrogen and oxygen atoms in total. The molecule has 1 amide bonds. The van der Waals surface area contributed by atoms with Crippen LogP contribution in [0.15, 0.2) is 34.5 Å². The summed E-state index contributed by atoms with van der Waals surface area (Å²) in [5, 5.41) is 2.65. The van der Waals surface area contributed by atoms with Crippen LogP contribution in [0.4, 0.5) is 5.69 Å². The Morgan fingerprint density at radius 1 is 1.14 bits per heavy atom. The van der Waals surface area contributed by atoms with Crippen molar-refractivity contribution in [1.82, 2.24) is 5.32 Å². The van der Waals surface area contributed by atoms with E-state index >= 15 is 0 Å². The highest BCUT2D eigenvalue weighted by Crippen LogP contribution is 2.25. The zero-order valence-corrected chi connectivity index (χ0v) is 14.3. The predicted molar refractivity (Wildman–Crippen MR) is 88.6 cm³/mol. The number of anilines is 1. The Morgan fingerprint density at radius 2 is 1.77 bits per heavy atom. The summed E-state index contributed by atoms with van der Waals surface area (Å²) < 4.78 is 27.6. The van der Waals surface area contributed by atoms with E-state index in [1.165, 1.54) is 6.92 Å². The molecule has 1 aromatic heterocycles. The molecule has 0 radical (unpaired) electrons. The van der Waals surface area contributed by atoms with Crippen molar-refractivity contribution in [1.29, 1.82) is 0 Å². The molecule has 0 fully saturated rings.